The summed E-state index contributed by atoms with van der Waals surface area (Å²) in [5.74, 6) is 0.917. The molecule has 0 aromatic heterocycles. The first-order valence-corrected chi connectivity index (χ1v) is 6.84. The summed E-state index contributed by atoms with van der Waals surface area (Å²) in [7, 11) is 0. The van der Waals surface area contributed by atoms with Gasteiger partial charge in [0, 0.05) is 6.54 Å². The quantitative estimate of drug-likeness (QED) is 0.766. The molecule has 0 radical (unpaired) electrons. The maximum absolute atomic E-state index is 12.0. The van der Waals surface area contributed by atoms with E-state index in [1.807, 2.05) is 31.2 Å². The predicted octanol–water partition coefficient (Wildman–Crippen LogP) is 1.62. The predicted molar refractivity (Wildman–Crippen MR) is 75.0 cm³/mol. The van der Waals surface area contributed by atoms with Crippen LogP contribution in [0.3, 0.4) is 0 Å². The fourth-order valence-corrected chi connectivity index (χ4v) is 2.35. The van der Waals surface area contributed by atoms with E-state index in [-0.39, 0.29) is 11.3 Å². The Morgan fingerprint density at radius 3 is 2.84 bits per heavy atom. The Kier molecular flexibility index (Phi) is 4.43. The molecule has 1 aromatic rings. The standard InChI is InChI=1S/C15H22N2O2/c1-12-4-2-5-13(10-12)19-9-8-17-14(18)15(11-16)6-3-7-15/h2,4-5,10H,3,6-9,11,16H2,1H3,(H,17,18). The maximum Gasteiger partial charge on any atom is 0.227 e. The zero-order valence-corrected chi connectivity index (χ0v) is 11.4. The number of carbonyl (C=O) groups excluding carboxylic acids is 1. The second-order valence-corrected chi connectivity index (χ2v) is 5.26. The van der Waals surface area contributed by atoms with E-state index in [4.69, 9.17) is 10.5 Å². The number of nitrogens with two attached hydrogens (primary N) is 1. The Morgan fingerprint density at radius 2 is 2.26 bits per heavy atom. The summed E-state index contributed by atoms with van der Waals surface area (Å²) in [6, 6.07) is 7.88. The summed E-state index contributed by atoms with van der Waals surface area (Å²) in [5.41, 5.74) is 6.55. The van der Waals surface area contributed by atoms with Crippen LogP contribution in [0.15, 0.2) is 24.3 Å². The Labute approximate surface area is 114 Å². The van der Waals surface area contributed by atoms with E-state index in [1.165, 1.54) is 0 Å². The van der Waals surface area contributed by atoms with Gasteiger partial charge in [-0.25, -0.2) is 0 Å². The van der Waals surface area contributed by atoms with E-state index < -0.39 is 0 Å². The number of benzene rings is 1. The zero-order chi connectivity index (χ0) is 13.7. The molecule has 19 heavy (non-hydrogen) atoms. The molecule has 0 spiro atoms. The minimum absolute atomic E-state index is 0.0779. The summed E-state index contributed by atoms with van der Waals surface area (Å²) in [6.07, 6.45) is 2.92. The van der Waals surface area contributed by atoms with Crippen LogP contribution in [0.5, 0.6) is 5.75 Å². The van der Waals surface area contributed by atoms with Crippen LogP contribution in [0.1, 0.15) is 24.8 Å². The molecule has 1 aliphatic rings. The van der Waals surface area contributed by atoms with Crippen molar-refractivity contribution in [2.24, 2.45) is 11.1 Å². The molecule has 0 heterocycles. The monoisotopic (exact) mass is 262 g/mol. The molecule has 0 unspecified atom stereocenters. The van der Waals surface area contributed by atoms with Crippen molar-refractivity contribution in [3.63, 3.8) is 0 Å². The number of nitrogens with one attached hydrogen (secondary N) is 1. The van der Waals surface area contributed by atoms with Crippen molar-refractivity contribution in [3.05, 3.63) is 29.8 Å². The highest BCUT2D eigenvalue weighted by Gasteiger charge is 2.42. The van der Waals surface area contributed by atoms with Crippen LogP contribution in [-0.2, 0) is 4.79 Å². The third-order valence-corrected chi connectivity index (χ3v) is 3.83. The second-order valence-electron chi connectivity index (χ2n) is 5.26. The van der Waals surface area contributed by atoms with Crippen molar-refractivity contribution in [2.75, 3.05) is 19.7 Å². The largest absolute Gasteiger partial charge is 0.492 e. The number of carbonyl (C=O) groups is 1. The lowest BCUT2D eigenvalue weighted by Crippen LogP contribution is -2.51. The molecule has 3 N–H and O–H groups in total. The van der Waals surface area contributed by atoms with Gasteiger partial charge in [0.05, 0.1) is 12.0 Å². The first-order valence-electron chi connectivity index (χ1n) is 6.84. The highest BCUT2D eigenvalue weighted by atomic mass is 16.5. The molecule has 0 bridgehead atoms. The molecule has 0 aliphatic heterocycles. The second kappa shape index (κ2) is 6.06. The van der Waals surface area contributed by atoms with E-state index in [0.717, 1.165) is 30.6 Å². The first-order chi connectivity index (χ1) is 9.16. The van der Waals surface area contributed by atoms with Gasteiger partial charge in [0.15, 0.2) is 0 Å². The van der Waals surface area contributed by atoms with Gasteiger partial charge in [0.2, 0.25) is 5.91 Å². The van der Waals surface area contributed by atoms with Gasteiger partial charge in [-0.05, 0) is 37.5 Å². The van der Waals surface area contributed by atoms with Crippen molar-refractivity contribution in [3.8, 4) is 5.75 Å². The van der Waals surface area contributed by atoms with E-state index in [1.54, 1.807) is 0 Å². The van der Waals surface area contributed by atoms with Gasteiger partial charge in [-0.15, -0.1) is 0 Å². The minimum atomic E-state index is -0.302. The lowest BCUT2D eigenvalue weighted by atomic mass is 9.68. The highest BCUT2D eigenvalue weighted by molar-refractivity contribution is 5.83. The molecule has 4 nitrogen and oxygen atoms in total. The van der Waals surface area contributed by atoms with Crippen molar-refractivity contribution >= 4 is 5.91 Å². The van der Waals surface area contributed by atoms with Crippen molar-refractivity contribution in [2.45, 2.75) is 26.2 Å². The maximum atomic E-state index is 12.0. The van der Waals surface area contributed by atoms with E-state index in [2.05, 4.69) is 5.32 Å². The summed E-state index contributed by atoms with van der Waals surface area (Å²) in [5, 5.41) is 2.92. The molecular weight excluding hydrogens is 240 g/mol. The van der Waals surface area contributed by atoms with Crippen LogP contribution in [-0.4, -0.2) is 25.6 Å². The minimum Gasteiger partial charge on any atom is -0.492 e. The van der Waals surface area contributed by atoms with Crippen LogP contribution in [0.4, 0.5) is 0 Å². The van der Waals surface area contributed by atoms with Crippen molar-refractivity contribution in [1.29, 1.82) is 0 Å². The van der Waals surface area contributed by atoms with Gasteiger partial charge in [-0.1, -0.05) is 18.6 Å². The molecule has 1 fully saturated rings. The molecule has 1 amide bonds. The van der Waals surface area contributed by atoms with Gasteiger partial charge < -0.3 is 15.8 Å². The van der Waals surface area contributed by atoms with Crippen molar-refractivity contribution < 1.29 is 9.53 Å². The Morgan fingerprint density at radius 1 is 1.47 bits per heavy atom. The Hall–Kier alpha value is -1.55. The molecule has 1 aromatic carbocycles. The highest BCUT2D eigenvalue weighted by Crippen LogP contribution is 2.39. The normalized spacial score (nSPS) is 16.5. The molecule has 0 saturated heterocycles. The number of ether oxygens (including phenoxy) is 1. The fraction of sp³-hybridized carbons (Fsp3) is 0.533. The van der Waals surface area contributed by atoms with E-state index in [0.29, 0.717) is 19.7 Å². The zero-order valence-electron chi connectivity index (χ0n) is 11.4. The molecule has 0 atom stereocenters. The molecule has 104 valence electrons. The van der Waals surface area contributed by atoms with Gasteiger partial charge in [0.1, 0.15) is 12.4 Å². The van der Waals surface area contributed by atoms with Gasteiger partial charge in [-0.2, -0.15) is 0 Å². The van der Waals surface area contributed by atoms with E-state index in [9.17, 15) is 4.79 Å². The lowest BCUT2D eigenvalue weighted by molar-refractivity contribution is -0.135. The van der Waals surface area contributed by atoms with Crippen molar-refractivity contribution in [1.82, 2.24) is 5.32 Å². The van der Waals surface area contributed by atoms with Gasteiger partial charge in [0.25, 0.3) is 0 Å². The number of hydrogen-bond donors (Lipinski definition) is 2. The summed E-state index contributed by atoms with van der Waals surface area (Å²) in [6.45, 7) is 3.47. The molecule has 1 saturated carbocycles. The van der Waals surface area contributed by atoms with E-state index >= 15 is 0 Å². The SMILES string of the molecule is Cc1cccc(OCCNC(=O)C2(CN)CCC2)c1. The molecule has 1 aliphatic carbocycles. The van der Waals surface area contributed by atoms with Gasteiger partial charge in [-0.3, -0.25) is 4.79 Å². The van der Waals surface area contributed by atoms with Crippen LogP contribution >= 0.6 is 0 Å². The lowest BCUT2D eigenvalue weighted by Gasteiger charge is -2.39. The smallest absolute Gasteiger partial charge is 0.227 e. The fourth-order valence-electron chi connectivity index (χ4n) is 2.35. The van der Waals surface area contributed by atoms with Crippen LogP contribution < -0.4 is 15.8 Å². The average molecular weight is 262 g/mol. The Balaban J connectivity index is 1.71. The average Bonchev–Trinajstić information content (AvgIpc) is 2.34. The number of aryl methyl sites for hydroxylation is 1. The van der Waals surface area contributed by atoms with Gasteiger partial charge >= 0.3 is 0 Å². The van der Waals surface area contributed by atoms with Crippen LogP contribution in [0, 0.1) is 12.3 Å². The number of hydrogen-bond acceptors (Lipinski definition) is 3. The number of rotatable bonds is 6. The molecule has 4 heteroatoms. The summed E-state index contributed by atoms with van der Waals surface area (Å²) < 4.78 is 5.59. The summed E-state index contributed by atoms with van der Waals surface area (Å²) >= 11 is 0. The third-order valence-electron chi connectivity index (χ3n) is 3.83. The first kappa shape index (κ1) is 13.9. The summed E-state index contributed by atoms with van der Waals surface area (Å²) in [4.78, 5) is 12.0. The Bertz CT molecular complexity index is 436. The third kappa shape index (κ3) is 3.26. The van der Waals surface area contributed by atoms with Crippen LogP contribution in [0.2, 0.25) is 0 Å². The number of amides is 1. The molecule has 2 rings (SSSR count). The van der Waals surface area contributed by atoms with Crippen LogP contribution in [0.25, 0.3) is 0 Å². The molecular formula is C15H22N2O2. The topological polar surface area (TPSA) is 64.3 Å².